The van der Waals surface area contributed by atoms with Crippen LogP contribution in [0.4, 0.5) is 5.69 Å². The molecule has 29 heavy (non-hydrogen) atoms. The molecule has 7 heteroatoms. The highest BCUT2D eigenvalue weighted by molar-refractivity contribution is 5.80. The van der Waals surface area contributed by atoms with Gasteiger partial charge in [0.25, 0.3) is 0 Å². The van der Waals surface area contributed by atoms with Crippen molar-refractivity contribution in [3.8, 4) is 5.75 Å². The SMILES string of the molecule is CN=C(NCc1cn2c(C)cccc2n1)N1CCN(c2ccc(OC)cc2)CC1. The summed E-state index contributed by atoms with van der Waals surface area (Å²) in [5.41, 5.74) is 4.40. The number of imidazole rings is 1. The van der Waals surface area contributed by atoms with Crippen LogP contribution in [0.25, 0.3) is 5.65 Å². The Morgan fingerprint density at radius 1 is 1.10 bits per heavy atom. The topological polar surface area (TPSA) is 57.4 Å². The van der Waals surface area contributed by atoms with Crippen molar-refractivity contribution < 1.29 is 4.74 Å². The van der Waals surface area contributed by atoms with Crippen LogP contribution in [0.5, 0.6) is 5.75 Å². The summed E-state index contributed by atoms with van der Waals surface area (Å²) >= 11 is 0. The molecule has 1 saturated heterocycles. The first-order valence-corrected chi connectivity index (χ1v) is 9.96. The number of fused-ring (bicyclic) bond motifs is 1. The summed E-state index contributed by atoms with van der Waals surface area (Å²) in [6.45, 7) is 6.52. The third-order valence-corrected chi connectivity index (χ3v) is 5.40. The number of aliphatic imine (C=N–C) groups is 1. The van der Waals surface area contributed by atoms with Gasteiger partial charge in [-0.05, 0) is 43.3 Å². The van der Waals surface area contributed by atoms with Gasteiger partial charge < -0.3 is 24.3 Å². The van der Waals surface area contributed by atoms with Crippen LogP contribution in [-0.4, -0.2) is 60.6 Å². The first kappa shape index (κ1) is 19.1. The first-order valence-electron chi connectivity index (χ1n) is 9.96. The Kier molecular flexibility index (Phi) is 5.55. The van der Waals surface area contributed by atoms with E-state index < -0.39 is 0 Å². The molecule has 3 heterocycles. The molecule has 0 spiro atoms. The molecule has 152 valence electrons. The number of nitrogens with one attached hydrogen (secondary N) is 1. The zero-order valence-corrected chi connectivity index (χ0v) is 17.3. The highest BCUT2D eigenvalue weighted by Gasteiger charge is 2.20. The van der Waals surface area contributed by atoms with Crippen LogP contribution in [0.1, 0.15) is 11.4 Å². The van der Waals surface area contributed by atoms with Gasteiger partial charge in [-0.25, -0.2) is 4.98 Å². The van der Waals surface area contributed by atoms with Gasteiger partial charge in [0.2, 0.25) is 0 Å². The minimum absolute atomic E-state index is 0.659. The van der Waals surface area contributed by atoms with Crippen LogP contribution in [0.3, 0.4) is 0 Å². The van der Waals surface area contributed by atoms with E-state index in [0.29, 0.717) is 6.54 Å². The predicted octanol–water partition coefficient (Wildman–Crippen LogP) is 2.55. The fraction of sp³-hybridized carbons (Fsp3) is 0.364. The van der Waals surface area contributed by atoms with Gasteiger partial charge >= 0.3 is 0 Å². The molecule has 1 N–H and O–H groups in total. The highest BCUT2D eigenvalue weighted by Crippen LogP contribution is 2.20. The predicted molar refractivity (Wildman–Crippen MR) is 117 cm³/mol. The summed E-state index contributed by atoms with van der Waals surface area (Å²) in [6.07, 6.45) is 2.09. The maximum Gasteiger partial charge on any atom is 0.194 e. The lowest BCUT2D eigenvalue weighted by atomic mass is 10.2. The van der Waals surface area contributed by atoms with Crippen molar-refractivity contribution in [2.24, 2.45) is 4.99 Å². The lowest BCUT2D eigenvalue weighted by molar-refractivity contribution is 0.372. The normalized spacial score (nSPS) is 15.1. The number of piperazine rings is 1. The van der Waals surface area contributed by atoms with E-state index in [1.807, 2.05) is 31.3 Å². The molecule has 1 aliphatic heterocycles. The van der Waals surface area contributed by atoms with E-state index in [-0.39, 0.29) is 0 Å². The summed E-state index contributed by atoms with van der Waals surface area (Å²) in [5, 5.41) is 3.47. The zero-order chi connectivity index (χ0) is 20.2. The molecule has 0 bridgehead atoms. The third kappa shape index (κ3) is 4.13. The minimum Gasteiger partial charge on any atom is -0.497 e. The quantitative estimate of drug-likeness (QED) is 0.546. The van der Waals surface area contributed by atoms with Gasteiger partial charge in [-0.15, -0.1) is 0 Å². The van der Waals surface area contributed by atoms with Crippen molar-refractivity contribution >= 4 is 17.3 Å². The van der Waals surface area contributed by atoms with Crippen LogP contribution in [0, 0.1) is 6.92 Å². The Bertz CT molecular complexity index is 986. The molecule has 0 amide bonds. The number of guanidine groups is 1. The van der Waals surface area contributed by atoms with E-state index in [9.17, 15) is 0 Å². The lowest BCUT2D eigenvalue weighted by Gasteiger charge is -2.37. The summed E-state index contributed by atoms with van der Waals surface area (Å²) < 4.78 is 7.37. The Hall–Kier alpha value is -3.22. The van der Waals surface area contributed by atoms with Crippen LogP contribution in [0.15, 0.2) is 53.7 Å². The third-order valence-electron chi connectivity index (χ3n) is 5.40. The number of hydrogen-bond acceptors (Lipinski definition) is 4. The van der Waals surface area contributed by atoms with Crippen LogP contribution in [-0.2, 0) is 6.54 Å². The number of hydrogen-bond donors (Lipinski definition) is 1. The zero-order valence-electron chi connectivity index (χ0n) is 17.3. The van der Waals surface area contributed by atoms with E-state index >= 15 is 0 Å². The van der Waals surface area contributed by atoms with Crippen molar-refractivity contribution in [2.75, 3.05) is 45.2 Å². The molecule has 4 rings (SSSR count). The maximum atomic E-state index is 5.25. The Balaban J connectivity index is 1.34. The molecule has 1 aromatic carbocycles. The molecule has 1 aliphatic rings. The molecule has 7 nitrogen and oxygen atoms in total. The standard InChI is InChI=1S/C22H28N6O/c1-17-5-4-6-21-25-18(16-28(17)21)15-24-22(23-2)27-13-11-26(12-14-27)19-7-9-20(29-3)10-8-19/h4-10,16H,11-15H2,1-3H3,(H,23,24). The second-order valence-corrected chi connectivity index (χ2v) is 7.20. The number of anilines is 1. The number of aryl methyl sites for hydroxylation is 1. The minimum atomic E-state index is 0.659. The first-order chi connectivity index (χ1) is 14.2. The molecule has 0 saturated carbocycles. The van der Waals surface area contributed by atoms with Crippen molar-refractivity contribution in [1.29, 1.82) is 0 Å². The Morgan fingerprint density at radius 2 is 1.86 bits per heavy atom. The number of ether oxygens (including phenoxy) is 1. The molecule has 0 atom stereocenters. The second-order valence-electron chi connectivity index (χ2n) is 7.20. The van der Waals surface area contributed by atoms with Gasteiger partial charge in [0.05, 0.1) is 19.3 Å². The molecule has 3 aromatic rings. The number of methoxy groups -OCH3 is 1. The van der Waals surface area contributed by atoms with Crippen molar-refractivity contribution in [2.45, 2.75) is 13.5 Å². The average molecular weight is 393 g/mol. The average Bonchev–Trinajstić information content (AvgIpc) is 3.19. The van der Waals surface area contributed by atoms with E-state index in [1.165, 1.54) is 11.4 Å². The molecule has 2 aromatic heterocycles. The number of pyridine rings is 1. The molecular weight excluding hydrogens is 364 g/mol. The monoisotopic (exact) mass is 392 g/mol. The van der Waals surface area contributed by atoms with Gasteiger partial charge in [0, 0.05) is 50.8 Å². The van der Waals surface area contributed by atoms with Crippen molar-refractivity contribution in [1.82, 2.24) is 19.6 Å². The molecule has 0 radical (unpaired) electrons. The molecular formula is C22H28N6O. The summed E-state index contributed by atoms with van der Waals surface area (Å²) in [5.74, 6) is 1.81. The van der Waals surface area contributed by atoms with E-state index in [2.05, 4.69) is 55.8 Å². The fourth-order valence-corrected chi connectivity index (χ4v) is 3.76. The van der Waals surface area contributed by atoms with Crippen LogP contribution >= 0.6 is 0 Å². The van der Waals surface area contributed by atoms with Crippen LogP contribution < -0.4 is 15.0 Å². The largest absolute Gasteiger partial charge is 0.497 e. The van der Waals surface area contributed by atoms with Crippen LogP contribution in [0.2, 0.25) is 0 Å². The van der Waals surface area contributed by atoms with Gasteiger partial charge in [0.1, 0.15) is 11.4 Å². The number of rotatable bonds is 4. The highest BCUT2D eigenvalue weighted by atomic mass is 16.5. The maximum absolute atomic E-state index is 5.25. The summed E-state index contributed by atoms with van der Waals surface area (Å²) in [4.78, 5) is 13.9. The molecule has 0 aliphatic carbocycles. The van der Waals surface area contributed by atoms with E-state index in [0.717, 1.165) is 49.2 Å². The van der Waals surface area contributed by atoms with Gasteiger partial charge in [-0.2, -0.15) is 0 Å². The Labute approximate surface area is 171 Å². The van der Waals surface area contributed by atoms with Gasteiger partial charge in [-0.3, -0.25) is 4.99 Å². The number of aromatic nitrogens is 2. The molecule has 0 unspecified atom stereocenters. The summed E-state index contributed by atoms with van der Waals surface area (Å²) in [7, 11) is 3.53. The smallest absolute Gasteiger partial charge is 0.194 e. The Morgan fingerprint density at radius 3 is 2.52 bits per heavy atom. The number of nitrogens with zero attached hydrogens (tertiary/aromatic N) is 5. The van der Waals surface area contributed by atoms with Gasteiger partial charge in [0.15, 0.2) is 5.96 Å². The molecule has 1 fully saturated rings. The van der Waals surface area contributed by atoms with E-state index in [4.69, 9.17) is 9.72 Å². The second kappa shape index (κ2) is 8.43. The van der Waals surface area contributed by atoms with Crippen molar-refractivity contribution in [3.63, 3.8) is 0 Å². The van der Waals surface area contributed by atoms with Crippen molar-refractivity contribution in [3.05, 3.63) is 60.0 Å². The fourth-order valence-electron chi connectivity index (χ4n) is 3.76. The van der Waals surface area contributed by atoms with E-state index in [1.54, 1.807) is 7.11 Å². The van der Waals surface area contributed by atoms with Gasteiger partial charge in [-0.1, -0.05) is 6.07 Å². The number of benzene rings is 1. The summed E-state index contributed by atoms with van der Waals surface area (Å²) in [6, 6.07) is 14.4. The lowest BCUT2D eigenvalue weighted by Crippen LogP contribution is -2.52.